The third kappa shape index (κ3) is 8.21. The number of nitrogens with one attached hydrogen (secondary N) is 1. The van der Waals surface area contributed by atoms with Gasteiger partial charge in [0.15, 0.2) is 5.78 Å². The van der Waals surface area contributed by atoms with Crippen LogP contribution in [0.25, 0.3) is 0 Å². The first-order valence-corrected chi connectivity index (χ1v) is 5.91. The lowest BCUT2D eigenvalue weighted by atomic mass is 10.1. The van der Waals surface area contributed by atoms with Gasteiger partial charge in [-0.1, -0.05) is 13.0 Å². The quantitative estimate of drug-likeness (QED) is 0.510. The van der Waals surface area contributed by atoms with Crippen LogP contribution in [-0.2, 0) is 9.59 Å². The third-order valence-corrected chi connectivity index (χ3v) is 2.23. The van der Waals surface area contributed by atoms with E-state index in [0.717, 1.165) is 19.3 Å². The Morgan fingerprint density at radius 2 is 1.69 bits per heavy atom. The molecule has 0 aromatic carbocycles. The van der Waals surface area contributed by atoms with Crippen LogP contribution in [0.2, 0.25) is 0 Å². The molecule has 1 amide bonds. The molecule has 0 heterocycles. The van der Waals surface area contributed by atoms with E-state index in [0.29, 0.717) is 18.4 Å². The van der Waals surface area contributed by atoms with Gasteiger partial charge in [0.2, 0.25) is 5.91 Å². The van der Waals surface area contributed by atoms with Crippen LogP contribution in [0, 0.1) is 0 Å². The van der Waals surface area contributed by atoms with Gasteiger partial charge in [-0.2, -0.15) is 0 Å². The zero-order chi connectivity index (χ0) is 12.6. The van der Waals surface area contributed by atoms with Crippen LogP contribution in [0.15, 0.2) is 12.2 Å². The summed E-state index contributed by atoms with van der Waals surface area (Å²) in [6.07, 6.45) is 3.73. The average Bonchev–Trinajstić information content (AvgIpc) is 2.15. The van der Waals surface area contributed by atoms with E-state index >= 15 is 0 Å². The van der Waals surface area contributed by atoms with E-state index in [4.69, 9.17) is 0 Å². The summed E-state index contributed by atoms with van der Waals surface area (Å²) in [5, 5.41) is 2.84. The molecule has 0 rings (SSSR count). The van der Waals surface area contributed by atoms with Gasteiger partial charge in [0, 0.05) is 18.9 Å². The zero-order valence-electron chi connectivity index (χ0n) is 10.6. The van der Waals surface area contributed by atoms with Crippen molar-refractivity contribution in [2.75, 3.05) is 0 Å². The summed E-state index contributed by atoms with van der Waals surface area (Å²) in [5.41, 5.74) is 0.623. The molecule has 0 aromatic rings. The fourth-order valence-corrected chi connectivity index (χ4v) is 1.36. The van der Waals surface area contributed by atoms with Gasteiger partial charge in [-0.05, 0) is 39.2 Å². The summed E-state index contributed by atoms with van der Waals surface area (Å²) in [6, 6.07) is 0.206. The number of allylic oxidation sites excluding steroid dienone is 1. The second kappa shape index (κ2) is 8.08. The largest absolute Gasteiger partial charge is 0.354 e. The molecule has 0 aromatic heterocycles. The van der Waals surface area contributed by atoms with E-state index in [9.17, 15) is 9.59 Å². The molecule has 0 aliphatic carbocycles. The van der Waals surface area contributed by atoms with E-state index in [1.165, 1.54) is 0 Å². The fraction of sp³-hybridized carbons (Fsp3) is 0.692. The summed E-state index contributed by atoms with van der Waals surface area (Å²) >= 11 is 0. The lowest BCUT2D eigenvalue weighted by molar-refractivity contribution is -0.121. The first-order chi connectivity index (χ1) is 7.43. The minimum atomic E-state index is 0.0984. The molecule has 1 N–H and O–H groups in total. The molecule has 16 heavy (non-hydrogen) atoms. The van der Waals surface area contributed by atoms with Crippen LogP contribution >= 0.6 is 0 Å². The second-order valence-corrected chi connectivity index (χ2v) is 4.49. The number of carbonyl (C=O) groups is 2. The standard InChI is InChI=1S/C13H23NO2/c1-10(2)12(15)8-6-5-7-9-13(16)14-11(3)4/h11H,1,5-9H2,2-4H3,(H,14,16). The highest BCUT2D eigenvalue weighted by atomic mass is 16.1. The zero-order valence-corrected chi connectivity index (χ0v) is 10.6. The maximum Gasteiger partial charge on any atom is 0.220 e. The number of rotatable bonds is 8. The maximum absolute atomic E-state index is 11.3. The third-order valence-electron chi connectivity index (χ3n) is 2.23. The Morgan fingerprint density at radius 3 is 2.19 bits per heavy atom. The van der Waals surface area contributed by atoms with Crippen molar-refractivity contribution in [3.05, 3.63) is 12.2 Å². The van der Waals surface area contributed by atoms with E-state index in [-0.39, 0.29) is 17.7 Å². The average molecular weight is 225 g/mol. The van der Waals surface area contributed by atoms with Gasteiger partial charge in [0.25, 0.3) is 0 Å². The molecule has 0 unspecified atom stereocenters. The van der Waals surface area contributed by atoms with Crippen molar-refractivity contribution in [1.82, 2.24) is 5.32 Å². The number of hydrogen-bond donors (Lipinski definition) is 1. The Morgan fingerprint density at radius 1 is 1.12 bits per heavy atom. The van der Waals surface area contributed by atoms with Gasteiger partial charge in [-0.25, -0.2) is 0 Å². The summed E-state index contributed by atoms with van der Waals surface area (Å²) in [4.78, 5) is 22.5. The van der Waals surface area contributed by atoms with E-state index in [2.05, 4.69) is 11.9 Å². The van der Waals surface area contributed by atoms with E-state index in [1.54, 1.807) is 6.92 Å². The number of carbonyl (C=O) groups excluding carboxylic acids is 2. The van der Waals surface area contributed by atoms with Gasteiger partial charge in [-0.15, -0.1) is 0 Å². The molecule has 0 aliphatic heterocycles. The summed E-state index contributed by atoms with van der Waals surface area (Å²) in [5.74, 6) is 0.229. The van der Waals surface area contributed by atoms with Gasteiger partial charge in [0.1, 0.15) is 0 Å². The lowest BCUT2D eigenvalue weighted by Gasteiger charge is -2.07. The topological polar surface area (TPSA) is 46.2 Å². The van der Waals surface area contributed by atoms with Gasteiger partial charge in [0.05, 0.1) is 0 Å². The van der Waals surface area contributed by atoms with E-state index < -0.39 is 0 Å². The molecule has 0 radical (unpaired) electrons. The molecular weight excluding hydrogens is 202 g/mol. The van der Waals surface area contributed by atoms with Crippen molar-refractivity contribution in [3.63, 3.8) is 0 Å². The molecular formula is C13H23NO2. The summed E-state index contributed by atoms with van der Waals surface area (Å²) in [7, 11) is 0. The predicted octanol–water partition coefficient (Wildman–Crippen LogP) is 2.61. The van der Waals surface area contributed by atoms with Crippen molar-refractivity contribution >= 4 is 11.7 Å². The molecule has 3 nitrogen and oxygen atoms in total. The molecule has 0 saturated heterocycles. The molecule has 0 spiro atoms. The molecule has 0 saturated carbocycles. The van der Waals surface area contributed by atoms with Crippen molar-refractivity contribution in [2.24, 2.45) is 0 Å². The van der Waals surface area contributed by atoms with Crippen molar-refractivity contribution in [2.45, 2.75) is 58.9 Å². The Hall–Kier alpha value is -1.12. The molecule has 0 fully saturated rings. The second-order valence-electron chi connectivity index (χ2n) is 4.49. The minimum Gasteiger partial charge on any atom is -0.354 e. The number of ketones is 1. The minimum absolute atomic E-state index is 0.0984. The number of hydrogen-bond acceptors (Lipinski definition) is 2. The molecule has 3 heteroatoms. The first kappa shape index (κ1) is 14.9. The highest BCUT2D eigenvalue weighted by Crippen LogP contribution is 2.06. The predicted molar refractivity (Wildman–Crippen MR) is 66.2 cm³/mol. The molecule has 0 bridgehead atoms. The molecule has 92 valence electrons. The van der Waals surface area contributed by atoms with Gasteiger partial charge in [-0.3, -0.25) is 9.59 Å². The number of unbranched alkanes of at least 4 members (excludes halogenated alkanes) is 2. The summed E-state index contributed by atoms with van der Waals surface area (Å²) in [6.45, 7) is 9.23. The molecule has 0 atom stereocenters. The monoisotopic (exact) mass is 225 g/mol. The van der Waals surface area contributed by atoms with Crippen LogP contribution < -0.4 is 5.32 Å². The van der Waals surface area contributed by atoms with Crippen LogP contribution in [0.4, 0.5) is 0 Å². The number of amides is 1. The number of Topliss-reactive ketones (excluding diaryl/α,β-unsaturated/α-hetero) is 1. The Labute approximate surface area is 98.3 Å². The van der Waals surface area contributed by atoms with Crippen LogP contribution in [0.1, 0.15) is 52.9 Å². The SMILES string of the molecule is C=C(C)C(=O)CCCCCC(=O)NC(C)C. The van der Waals surface area contributed by atoms with Crippen molar-refractivity contribution < 1.29 is 9.59 Å². The van der Waals surface area contributed by atoms with Gasteiger partial charge >= 0.3 is 0 Å². The van der Waals surface area contributed by atoms with E-state index in [1.807, 2.05) is 13.8 Å². The van der Waals surface area contributed by atoms with Crippen molar-refractivity contribution in [1.29, 1.82) is 0 Å². The summed E-state index contributed by atoms with van der Waals surface area (Å²) < 4.78 is 0. The normalized spacial score (nSPS) is 10.2. The fourth-order valence-electron chi connectivity index (χ4n) is 1.36. The van der Waals surface area contributed by atoms with Gasteiger partial charge < -0.3 is 5.32 Å². The Balaban J connectivity index is 3.44. The van der Waals surface area contributed by atoms with Crippen LogP contribution in [0.3, 0.4) is 0 Å². The Kier molecular flexibility index (Phi) is 7.52. The highest BCUT2D eigenvalue weighted by Gasteiger charge is 2.04. The maximum atomic E-state index is 11.3. The van der Waals surface area contributed by atoms with Crippen LogP contribution in [-0.4, -0.2) is 17.7 Å². The highest BCUT2D eigenvalue weighted by molar-refractivity contribution is 5.93. The first-order valence-electron chi connectivity index (χ1n) is 5.91. The smallest absolute Gasteiger partial charge is 0.220 e. The van der Waals surface area contributed by atoms with Crippen molar-refractivity contribution in [3.8, 4) is 0 Å². The Bertz CT molecular complexity index is 257. The molecule has 0 aliphatic rings. The van der Waals surface area contributed by atoms with Crippen LogP contribution in [0.5, 0.6) is 0 Å². The lowest BCUT2D eigenvalue weighted by Crippen LogP contribution is -2.29.